The molecule has 0 radical (unpaired) electrons. The second kappa shape index (κ2) is 7.62. The van der Waals surface area contributed by atoms with Crippen LogP contribution in [-0.4, -0.2) is 53.5 Å². The van der Waals surface area contributed by atoms with E-state index in [-0.39, 0.29) is 16.9 Å². The summed E-state index contributed by atoms with van der Waals surface area (Å²) >= 11 is 0. The van der Waals surface area contributed by atoms with Gasteiger partial charge in [0.1, 0.15) is 0 Å². The monoisotopic (exact) mass is 367 g/mol. The van der Waals surface area contributed by atoms with Crippen molar-refractivity contribution in [2.45, 2.75) is 13.0 Å². The second-order valence-corrected chi connectivity index (χ2v) is 7.55. The number of aromatic amines is 1. The van der Waals surface area contributed by atoms with Crippen LogP contribution in [0.1, 0.15) is 11.3 Å². The third kappa shape index (κ3) is 3.79. The Morgan fingerprint density at radius 3 is 3.00 bits per heavy atom. The van der Waals surface area contributed by atoms with Crippen molar-refractivity contribution in [3.8, 4) is 0 Å². The Bertz CT molecular complexity index is 853. The highest BCUT2D eigenvalue weighted by atomic mass is 16.2. The molecule has 2 aliphatic rings. The van der Waals surface area contributed by atoms with Crippen molar-refractivity contribution in [1.29, 1.82) is 0 Å². The number of carbonyl (C=O) groups excluding carboxylic acids is 1. The van der Waals surface area contributed by atoms with Gasteiger partial charge in [-0.3, -0.25) is 14.5 Å². The fourth-order valence-electron chi connectivity index (χ4n) is 4.33. The number of benzene rings is 1. The minimum Gasteiger partial charge on any atom is -0.355 e. The Balaban J connectivity index is 1.37. The number of hydrogen-bond donors (Lipinski definition) is 3. The molecule has 2 aliphatic heterocycles. The summed E-state index contributed by atoms with van der Waals surface area (Å²) < 4.78 is 0. The average molecular weight is 367 g/mol. The molecule has 3 N–H and O–H groups in total. The van der Waals surface area contributed by atoms with Gasteiger partial charge in [0, 0.05) is 63.4 Å². The van der Waals surface area contributed by atoms with E-state index >= 15 is 0 Å². The molecule has 1 aromatic carbocycles. The van der Waals surface area contributed by atoms with Crippen molar-refractivity contribution in [1.82, 2.24) is 25.5 Å². The van der Waals surface area contributed by atoms with Crippen LogP contribution in [0.5, 0.6) is 0 Å². The van der Waals surface area contributed by atoms with Crippen LogP contribution in [0.3, 0.4) is 0 Å². The average Bonchev–Trinajstić information content (AvgIpc) is 3.20. The molecule has 4 rings (SSSR count). The lowest BCUT2D eigenvalue weighted by Crippen LogP contribution is -2.47. The Kier molecular flexibility index (Phi) is 5.05. The number of rotatable bonds is 6. The predicted molar refractivity (Wildman–Crippen MR) is 102 cm³/mol. The van der Waals surface area contributed by atoms with Gasteiger partial charge in [0.05, 0.1) is 11.7 Å². The van der Waals surface area contributed by atoms with Gasteiger partial charge in [-0.25, -0.2) is 4.98 Å². The van der Waals surface area contributed by atoms with Gasteiger partial charge in [-0.1, -0.05) is 30.3 Å². The summed E-state index contributed by atoms with van der Waals surface area (Å²) in [5.74, 6) is 0.441. The first-order valence-corrected chi connectivity index (χ1v) is 9.45. The number of amides is 1. The van der Waals surface area contributed by atoms with Gasteiger partial charge in [0.15, 0.2) is 0 Å². The molecule has 2 fully saturated rings. The molecular weight excluding hydrogens is 342 g/mol. The fraction of sp³-hybridized carbons (Fsp3) is 0.450. The van der Waals surface area contributed by atoms with Crippen LogP contribution >= 0.6 is 0 Å². The maximum absolute atomic E-state index is 13.0. The first kappa shape index (κ1) is 17.9. The lowest BCUT2D eigenvalue weighted by atomic mass is 9.80. The van der Waals surface area contributed by atoms with Crippen LogP contribution < -0.4 is 16.2 Å². The third-order valence-electron chi connectivity index (χ3n) is 5.70. The largest absolute Gasteiger partial charge is 0.355 e. The van der Waals surface area contributed by atoms with Crippen molar-refractivity contribution in [3.05, 3.63) is 64.3 Å². The summed E-state index contributed by atoms with van der Waals surface area (Å²) in [6.07, 6.45) is 1.95. The molecule has 142 valence electrons. The molecule has 0 aliphatic carbocycles. The molecule has 7 heteroatoms. The standard InChI is InChI=1S/C20H25N5O2/c26-18-8-17(23-14-24-18)6-7-22-19(27)20-12-21-9-16(20)11-25(13-20)10-15-4-2-1-3-5-15/h1-5,8,14,16,21H,6-7,9-13H2,(H,22,27)(H,23,24,26). The molecule has 0 spiro atoms. The van der Waals surface area contributed by atoms with Crippen molar-refractivity contribution >= 4 is 5.91 Å². The topological polar surface area (TPSA) is 90.1 Å². The Labute approximate surface area is 158 Å². The van der Waals surface area contributed by atoms with Crippen LogP contribution in [0.25, 0.3) is 0 Å². The molecule has 2 aromatic rings. The van der Waals surface area contributed by atoms with E-state index in [1.54, 1.807) is 0 Å². The van der Waals surface area contributed by atoms with Gasteiger partial charge in [-0.05, 0) is 5.56 Å². The van der Waals surface area contributed by atoms with Crippen LogP contribution in [0.2, 0.25) is 0 Å². The van der Waals surface area contributed by atoms with Gasteiger partial charge >= 0.3 is 0 Å². The number of hydrogen-bond acceptors (Lipinski definition) is 5. The maximum atomic E-state index is 13.0. The highest BCUT2D eigenvalue weighted by Crippen LogP contribution is 2.39. The summed E-state index contributed by atoms with van der Waals surface area (Å²) in [5, 5.41) is 6.48. The molecule has 3 heterocycles. The van der Waals surface area contributed by atoms with Crippen LogP contribution in [0.15, 0.2) is 47.5 Å². The van der Waals surface area contributed by atoms with Crippen LogP contribution in [0, 0.1) is 11.3 Å². The number of aromatic nitrogens is 2. The predicted octanol–water partition coefficient (Wildman–Crippen LogP) is 0.150. The van der Waals surface area contributed by atoms with E-state index in [2.05, 4.69) is 49.8 Å². The first-order chi connectivity index (χ1) is 13.2. The lowest BCUT2D eigenvalue weighted by molar-refractivity contribution is -0.130. The van der Waals surface area contributed by atoms with Gasteiger partial charge < -0.3 is 15.6 Å². The minimum absolute atomic E-state index is 0.109. The zero-order chi connectivity index (χ0) is 18.7. The number of likely N-dealkylation sites (tertiary alicyclic amines) is 1. The van der Waals surface area contributed by atoms with E-state index in [9.17, 15) is 9.59 Å². The maximum Gasteiger partial charge on any atom is 0.250 e. The minimum atomic E-state index is -0.365. The van der Waals surface area contributed by atoms with Gasteiger partial charge in [0.25, 0.3) is 5.56 Å². The third-order valence-corrected chi connectivity index (χ3v) is 5.70. The highest BCUT2D eigenvalue weighted by molar-refractivity contribution is 5.84. The molecule has 7 nitrogen and oxygen atoms in total. The van der Waals surface area contributed by atoms with E-state index in [1.807, 2.05) is 6.07 Å². The SMILES string of the molecule is O=C(NCCc1cc(=O)[nH]cn1)C12CNCC1CN(Cc1ccccc1)C2. The Morgan fingerprint density at radius 2 is 2.19 bits per heavy atom. The summed E-state index contributed by atoms with van der Waals surface area (Å²) in [4.78, 5) is 33.4. The number of fused-ring (bicyclic) bond motifs is 1. The number of nitrogens with zero attached hydrogens (tertiary/aromatic N) is 2. The van der Waals surface area contributed by atoms with E-state index in [4.69, 9.17) is 0 Å². The van der Waals surface area contributed by atoms with E-state index in [0.717, 1.165) is 32.7 Å². The van der Waals surface area contributed by atoms with E-state index < -0.39 is 0 Å². The molecule has 27 heavy (non-hydrogen) atoms. The molecule has 0 bridgehead atoms. The quantitative estimate of drug-likeness (QED) is 0.676. The smallest absolute Gasteiger partial charge is 0.250 e. The molecule has 0 saturated carbocycles. The second-order valence-electron chi connectivity index (χ2n) is 7.55. The van der Waals surface area contributed by atoms with Gasteiger partial charge in [0.2, 0.25) is 5.91 Å². The molecule has 2 saturated heterocycles. The zero-order valence-corrected chi connectivity index (χ0v) is 15.3. The van der Waals surface area contributed by atoms with Crippen molar-refractivity contribution in [3.63, 3.8) is 0 Å². The first-order valence-electron chi connectivity index (χ1n) is 9.45. The molecule has 1 aromatic heterocycles. The summed E-state index contributed by atoms with van der Waals surface area (Å²) in [7, 11) is 0. The summed E-state index contributed by atoms with van der Waals surface area (Å²) in [5.41, 5.74) is 1.43. The zero-order valence-electron chi connectivity index (χ0n) is 15.3. The highest BCUT2D eigenvalue weighted by Gasteiger charge is 2.54. The Morgan fingerprint density at radius 1 is 1.33 bits per heavy atom. The Hall–Kier alpha value is -2.51. The normalized spacial score (nSPS) is 24.7. The molecule has 2 atom stereocenters. The van der Waals surface area contributed by atoms with E-state index in [0.29, 0.717) is 24.6 Å². The van der Waals surface area contributed by atoms with Crippen LogP contribution in [-0.2, 0) is 17.8 Å². The van der Waals surface area contributed by atoms with Crippen molar-refractivity contribution < 1.29 is 4.79 Å². The molecule has 2 unspecified atom stereocenters. The van der Waals surface area contributed by atoms with Gasteiger partial charge in [-0.2, -0.15) is 0 Å². The number of nitrogens with one attached hydrogen (secondary N) is 3. The summed E-state index contributed by atoms with van der Waals surface area (Å²) in [6, 6.07) is 11.9. The number of carbonyl (C=O) groups is 1. The van der Waals surface area contributed by atoms with Gasteiger partial charge in [-0.15, -0.1) is 0 Å². The number of H-pyrrole nitrogens is 1. The van der Waals surface area contributed by atoms with Crippen molar-refractivity contribution in [2.75, 3.05) is 32.7 Å². The van der Waals surface area contributed by atoms with E-state index in [1.165, 1.54) is 18.0 Å². The molecular formula is C20H25N5O2. The molecule has 1 amide bonds. The lowest BCUT2D eigenvalue weighted by Gasteiger charge is -2.27. The van der Waals surface area contributed by atoms with Crippen molar-refractivity contribution in [2.24, 2.45) is 11.3 Å². The fourth-order valence-corrected chi connectivity index (χ4v) is 4.33. The van der Waals surface area contributed by atoms with Crippen LogP contribution in [0.4, 0.5) is 0 Å². The summed E-state index contributed by atoms with van der Waals surface area (Å²) in [6.45, 7) is 4.68.